The van der Waals surface area contributed by atoms with Crippen LogP contribution < -0.4 is 9.47 Å². The number of non-ortho nitro benzene ring substituents is 1. The predicted molar refractivity (Wildman–Crippen MR) is 128 cm³/mol. The molecule has 3 aromatic rings. The van der Waals surface area contributed by atoms with E-state index in [1.165, 1.54) is 19.2 Å². The van der Waals surface area contributed by atoms with Gasteiger partial charge in [0.15, 0.2) is 11.5 Å². The second kappa shape index (κ2) is 10.4. The van der Waals surface area contributed by atoms with Crippen LogP contribution in [0, 0.1) is 36.3 Å². The lowest BCUT2D eigenvalue weighted by Crippen LogP contribution is -2.00. The lowest BCUT2D eigenvalue weighted by Gasteiger charge is -2.14. The summed E-state index contributed by atoms with van der Waals surface area (Å²) in [5.74, 6) is 1.04. The number of ether oxygens (including phenoxy) is 2. The van der Waals surface area contributed by atoms with Crippen molar-refractivity contribution >= 4 is 39.9 Å². The molecular weight excluding hydrogens is 521 g/mol. The van der Waals surface area contributed by atoms with Crippen molar-refractivity contribution in [2.75, 3.05) is 7.11 Å². The molecule has 0 aliphatic rings. The van der Waals surface area contributed by atoms with E-state index in [-0.39, 0.29) is 12.3 Å². The van der Waals surface area contributed by atoms with Gasteiger partial charge in [-0.2, -0.15) is 10.5 Å². The number of hydrogen-bond donors (Lipinski definition) is 0. The molecule has 0 radical (unpaired) electrons. The molecule has 0 saturated heterocycles. The van der Waals surface area contributed by atoms with Crippen LogP contribution in [0.2, 0.25) is 0 Å². The minimum atomic E-state index is -0.448. The number of nitriles is 2. The molecule has 0 aliphatic heterocycles. The summed E-state index contributed by atoms with van der Waals surface area (Å²) < 4.78 is 12.2. The Bertz CT molecular complexity index is 1250. The van der Waals surface area contributed by atoms with Gasteiger partial charge in [-0.25, -0.2) is 0 Å². The van der Waals surface area contributed by atoms with E-state index in [0.29, 0.717) is 28.2 Å². The lowest BCUT2D eigenvalue weighted by molar-refractivity contribution is -0.384. The Labute approximate surface area is 198 Å². The Balaban J connectivity index is 1.85. The molecule has 0 amide bonds. The second-order valence-electron chi connectivity index (χ2n) is 6.61. The Kier molecular flexibility index (Phi) is 7.42. The fourth-order valence-electron chi connectivity index (χ4n) is 2.90. The average molecular weight is 537 g/mol. The van der Waals surface area contributed by atoms with E-state index in [1.54, 1.807) is 48.5 Å². The predicted octanol–water partition coefficient (Wildman–Crippen LogP) is 5.72. The average Bonchev–Trinajstić information content (AvgIpc) is 2.81. The fraction of sp³-hybridized carbons (Fsp3) is 0.0833. The zero-order valence-corrected chi connectivity index (χ0v) is 19.1. The van der Waals surface area contributed by atoms with Crippen LogP contribution in [0.1, 0.15) is 22.3 Å². The molecule has 7 nitrogen and oxygen atoms in total. The third-order valence-electron chi connectivity index (χ3n) is 4.54. The third-order valence-corrected chi connectivity index (χ3v) is 5.34. The molecular formula is C24H16IN3O4. The molecule has 0 heterocycles. The number of allylic oxidation sites excluding steroid dienone is 1. The van der Waals surface area contributed by atoms with Gasteiger partial charge >= 0.3 is 0 Å². The van der Waals surface area contributed by atoms with Gasteiger partial charge in [-0.1, -0.05) is 12.1 Å². The molecule has 0 saturated carbocycles. The van der Waals surface area contributed by atoms with Crippen molar-refractivity contribution in [2.45, 2.75) is 6.61 Å². The summed E-state index contributed by atoms with van der Waals surface area (Å²) in [5.41, 5.74) is 3.25. The first kappa shape index (κ1) is 22.8. The van der Waals surface area contributed by atoms with Crippen LogP contribution in [0.4, 0.5) is 5.69 Å². The van der Waals surface area contributed by atoms with Crippen LogP contribution in [0.25, 0.3) is 11.6 Å². The van der Waals surface area contributed by atoms with E-state index in [2.05, 4.69) is 34.7 Å². The van der Waals surface area contributed by atoms with Crippen molar-refractivity contribution in [3.8, 4) is 23.6 Å². The third kappa shape index (κ3) is 5.42. The van der Waals surface area contributed by atoms with Crippen molar-refractivity contribution in [3.63, 3.8) is 0 Å². The van der Waals surface area contributed by atoms with E-state index in [4.69, 9.17) is 14.7 Å². The number of nitrogens with zero attached hydrogens (tertiary/aromatic N) is 3. The first-order valence-electron chi connectivity index (χ1n) is 9.31. The highest BCUT2D eigenvalue weighted by Crippen LogP contribution is 2.35. The Morgan fingerprint density at radius 3 is 2.38 bits per heavy atom. The van der Waals surface area contributed by atoms with Gasteiger partial charge in [0.05, 0.1) is 38.9 Å². The van der Waals surface area contributed by atoms with Gasteiger partial charge in [0.1, 0.15) is 6.61 Å². The maximum Gasteiger partial charge on any atom is 0.269 e. The van der Waals surface area contributed by atoms with Crippen LogP contribution >= 0.6 is 22.6 Å². The quantitative estimate of drug-likeness (QED) is 0.125. The first-order chi connectivity index (χ1) is 15.4. The van der Waals surface area contributed by atoms with Gasteiger partial charge in [0.2, 0.25) is 0 Å². The normalized spacial score (nSPS) is 10.7. The summed E-state index contributed by atoms with van der Waals surface area (Å²) in [7, 11) is 1.53. The highest BCUT2D eigenvalue weighted by Gasteiger charge is 2.13. The summed E-state index contributed by atoms with van der Waals surface area (Å²) in [5, 5.41) is 29.3. The monoisotopic (exact) mass is 537 g/mol. The molecule has 0 aromatic heterocycles. The Morgan fingerprint density at radius 2 is 1.81 bits per heavy atom. The maximum absolute atomic E-state index is 10.8. The molecule has 0 unspecified atom stereocenters. The van der Waals surface area contributed by atoms with E-state index in [1.807, 2.05) is 6.07 Å². The molecule has 3 aromatic carbocycles. The molecule has 0 spiro atoms. The zero-order chi connectivity index (χ0) is 23.1. The highest BCUT2D eigenvalue weighted by molar-refractivity contribution is 14.1. The lowest BCUT2D eigenvalue weighted by atomic mass is 10.0. The molecule has 0 aliphatic carbocycles. The van der Waals surface area contributed by atoms with E-state index < -0.39 is 4.92 Å². The van der Waals surface area contributed by atoms with Gasteiger partial charge in [0, 0.05) is 12.1 Å². The molecule has 8 heteroatoms. The van der Waals surface area contributed by atoms with Gasteiger partial charge < -0.3 is 9.47 Å². The van der Waals surface area contributed by atoms with Crippen molar-refractivity contribution < 1.29 is 14.4 Å². The summed E-state index contributed by atoms with van der Waals surface area (Å²) in [4.78, 5) is 10.3. The van der Waals surface area contributed by atoms with Crippen LogP contribution in [0.5, 0.6) is 11.5 Å². The number of nitro benzene ring substituents is 1. The molecule has 0 bridgehead atoms. The highest BCUT2D eigenvalue weighted by atomic mass is 127. The second-order valence-corrected chi connectivity index (χ2v) is 7.77. The standard InChI is InChI=1S/C24H16IN3O4/c1-31-23-12-18(10-20(14-27)19-6-2-16(13-26)3-7-19)11-22(25)24(23)32-15-17-4-8-21(9-5-17)28(29)30/h2-12H,15H2,1H3/b20-10+. The molecule has 0 N–H and O–H groups in total. The number of hydrogen-bond acceptors (Lipinski definition) is 6. The summed E-state index contributed by atoms with van der Waals surface area (Å²) in [6.07, 6.45) is 1.74. The van der Waals surface area contributed by atoms with Gasteiger partial charge in [0.25, 0.3) is 5.69 Å². The topological polar surface area (TPSA) is 109 Å². The summed E-state index contributed by atoms with van der Waals surface area (Å²) in [6, 6.07) is 20.8. The van der Waals surface area contributed by atoms with Crippen LogP contribution in [-0.4, -0.2) is 12.0 Å². The van der Waals surface area contributed by atoms with Gasteiger partial charge in [-0.3, -0.25) is 10.1 Å². The number of benzene rings is 3. The molecule has 158 valence electrons. The van der Waals surface area contributed by atoms with E-state index in [9.17, 15) is 15.4 Å². The summed E-state index contributed by atoms with van der Waals surface area (Å²) in [6.45, 7) is 0.216. The van der Waals surface area contributed by atoms with Gasteiger partial charge in [-0.05, 0) is 81.8 Å². The fourth-order valence-corrected chi connectivity index (χ4v) is 3.68. The van der Waals surface area contributed by atoms with Crippen molar-refractivity contribution in [1.29, 1.82) is 10.5 Å². The molecule has 0 fully saturated rings. The minimum absolute atomic E-state index is 0.0209. The number of methoxy groups -OCH3 is 1. The zero-order valence-electron chi connectivity index (χ0n) is 16.9. The maximum atomic E-state index is 10.8. The van der Waals surface area contributed by atoms with Crippen molar-refractivity contribution in [2.24, 2.45) is 0 Å². The first-order valence-corrected chi connectivity index (χ1v) is 10.4. The van der Waals surface area contributed by atoms with E-state index >= 15 is 0 Å². The number of nitro groups is 1. The van der Waals surface area contributed by atoms with Gasteiger partial charge in [-0.15, -0.1) is 0 Å². The van der Waals surface area contributed by atoms with Crippen LogP contribution in [0.3, 0.4) is 0 Å². The summed E-state index contributed by atoms with van der Waals surface area (Å²) >= 11 is 2.13. The van der Waals surface area contributed by atoms with Crippen LogP contribution in [0.15, 0.2) is 60.7 Å². The minimum Gasteiger partial charge on any atom is -0.493 e. The van der Waals surface area contributed by atoms with E-state index in [0.717, 1.165) is 14.7 Å². The smallest absolute Gasteiger partial charge is 0.269 e. The Morgan fingerprint density at radius 1 is 1.12 bits per heavy atom. The Hall–Kier alpha value is -3.89. The van der Waals surface area contributed by atoms with Crippen molar-refractivity contribution in [1.82, 2.24) is 0 Å². The van der Waals surface area contributed by atoms with Crippen molar-refractivity contribution in [3.05, 3.63) is 96.6 Å². The largest absolute Gasteiger partial charge is 0.493 e. The number of rotatable bonds is 7. The molecule has 3 rings (SSSR count). The molecule has 0 atom stereocenters. The molecule has 32 heavy (non-hydrogen) atoms. The SMILES string of the molecule is COc1cc(/C=C(\C#N)c2ccc(C#N)cc2)cc(I)c1OCc1ccc([N+](=O)[O-])cc1. The van der Waals surface area contributed by atoms with Crippen LogP contribution in [-0.2, 0) is 6.61 Å². The number of halogens is 1.